The third kappa shape index (κ3) is 2.89. The maximum Gasteiger partial charge on any atom is 0.297 e. The second-order valence-electron chi connectivity index (χ2n) is 2.80. The number of aromatic nitrogens is 2. The molecule has 1 aromatic heterocycles. The summed E-state index contributed by atoms with van der Waals surface area (Å²) in [7, 11) is 1.84. The van der Waals surface area contributed by atoms with Crippen LogP contribution in [-0.2, 0) is 18.4 Å². The topological polar surface area (TPSA) is 46.9 Å². The number of amides is 1. The van der Waals surface area contributed by atoms with E-state index in [-0.39, 0.29) is 5.91 Å². The third-order valence-electron chi connectivity index (χ3n) is 1.69. The number of carbonyl (C=O) groups is 1. The first-order valence-corrected chi connectivity index (χ1v) is 4.81. The Balaban J connectivity index is 2.56. The number of carbonyl (C=O) groups excluding carboxylic acids is 1. The van der Waals surface area contributed by atoms with Crippen LogP contribution in [0.3, 0.4) is 0 Å². The van der Waals surface area contributed by atoms with Gasteiger partial charge >= 0.3 is 0 Å². The zero-order chi connectivity index (χ0) is 10.6. The zero-order valence-corrected chi connectivity index (χ0v) is 9.55. The standard InChI is InChI=1S/C9H10BrN3O/c1-7-5-8(13(2)12-7)6-11-9(14)3-4-10/h5H,6H2,1-2H3,(H,11,14). The first-order chi connectivity index (χ1) is 6.63. The van der Waals surface area contributed by atoms with Crippen molar-refractivity contribution < 1.29 is 4.79 Å². The molecule has 0 saturated heterocycles. The lowest BCUT2D eigenvalue weighted by molar-refractivity contribution is -0.115. The van der Waals surface area contributed by atoms with Crippen molar-refractivity contribution in [1.29, 1.82) is 0 Å². The molecule has 14 heavy (non-hydrogen) atoms. The molecule has 5 heteroatoms. The number of hydrogen-bond acceptors (Lipinski definition) is 2. The average Bonchev–Trinajstić information content (AvgIpc) is 2.42. The van der Waals surface area contributed by atoms with E-state index in [1.54, 1.807) is 4.68 Å². The predicted molar refractivity (Wildman–Crippen MR) is 56.5 cm³/mol. The Morgan fingerprint density at radius 2 is 2.50 bits per heavy atom. The Labute approximate surface area is 90.8 Å². The van der Waals surface area contributed by atoms with Crippen molar-refractivity contribution in [3.05, 3.63) is 17.5 Å². The van der Waals surface area contributed by atoms with Crippen LogP contribution in [-0.4, -0.2) is 15.7 Å². The molecule has 0 atom stereocenters. The van der Waals surface area contributed by atoms with E-state index in [0.29, 0.717) is 6.54 Å². The molecule has 0 saturated carbocycles. The molecule has 0 aliphatic heterocycles. The minimum atomic E-state index is -0.305. The molecule has 0 fully saturated rings. The molecule has 1 amide bonds. The van der Waals surface area contributed by atoms with Gasteiger partial charge in [-0.15, -0.1) is 0 Å². The van der Waals surface area contributed by atoms with Gasteiger partial charge in [-0.25, -0.2) is 0 Å². The smallest absolute Gasteiger partial charge is 0.297 e. The Morgan fingerprint density at radius 1 is 1.79 bits per heavy atom. The molecule has 1 rings (SSSR count). The minimum Gasteiger partial charge on any atom is -0.340 e. The van der Waals surface area contributed by atoms with Gasteiger partial charge in [-0.2, -0.15) is 5.10 Å². The molecule has 0 aliphatic rings. The van der Waals surface area contributed by atoms with Crippen molar-refractivity contribution in [2.75, 3.05) is 0 Å². The fourth-order valence-electron chi connectivity index (χ4n) is 1.09. The highest BCUT2D eigenvalue weighted by Gasteiger charge is 2.02. The summed E-state index contributed by atoms with van der Waals surface area (Å²) in [5.41, 5.74) is 1.88. The van der Waals surface area contributed by atoms with Gasteiger partial charge in [0.25, 0.3) is 5.91 Å². The number of nitrogens with zero attached hydrogens (tertiary/aromatic N) is 2. The largest absolute Gasteiger partial charge is 0.340 e. The number of halogens is 1. The highest BCUT2D eigenvalue weighted by Crippen LogP contribution is 2.00. The first kappa shape index (κ1) is 10.8. The fraction of sp³-hybridized carbons (Fsp3) is 0.333. The van der Waals surface area contributed by atoms with Gasteiger partial charge < -0.3 is 5.32 Å². The van der Waals surface area contributed by atoms with Gasteiger partial charge in [-0.3, -0.25) is 9.48 Å². The van der Waals surface area contributed by atoms with Gasteiger partial charge in [-0.1, -0.05) is 0 Å². The van der Waals surface area contributed by atoms with Crippen molar-refractivity contribution in [3.8, 4) is 10.8 Å². The molecule has 0 radical (unpaired) electrons. The number of rotatable bonds is 2. The summed E-state index contributed by atoms with van der Waals surface area (Å²) in [6.07, 6.45) is 0. The van der Waals surface area contributed by atoms with Crippen LogP contribution in [0.1, 0.15) is 11.4 Å². The quantitative estimate of drug-likeness (QED) is 0.792. The van der Waals surface area contributed by atoms with Crippen LogP contribution >= 0.6 is 15.9 Å². The van der Waals surface area contributed by atoms with Crippen LogP contribution in [0, 0.1) is 17.7 Å². The van der Waals surface area contributed by atoms with Crippen LogP contribution in [0.25, 0.3) is 0 Å². The Kier molecular flexibility index (Phi) is 3.72. The van der Waals surface area contributed by atoms with E-state index < -0.39 is 0 Å². The van der Waals surface area contributed by atoms with Crippen LogP contribution < -0.4 is 5.32 Å². The van der Waals surface area contributed by atoms with Gasteiger partial charge in [0.15, 0.2) is 0 Å². The lowest BCUT2D eigenvalue weighted by Gasteiger charge is -2.00. The van der Waals surface area contributed by atoms with Gasteiger partial charge in [0.1, 0.15) is 0 Å². The summed E-state index contributed by atoms with van der Waals surface area (Å²) in [6, 6.07) is 1.92. The van der Waals surface area contributed by atoms with Crippen LogP contribution in [0.5, 0.6) is 0 Å². The van der Waals surface area contributed by atoms with E-state index in [9.17, 15) is 4.79 Å². The molecular weight excluding hydrogens is 246 g/mol. The summed E-state index contributed by atoms with van der Waals surface area (Å²) in [4.78, 5) is 13.3. The number of nitrogens with one attached hydrogen (secondary N) is 1. The molecule has 0 aromatic carbocycles. The van der Waals surface area contributed by atoms with E-state index in [1.807, 2.05) is 20.0 Å². The molecule has 0 bridgehead atoms. The molecule has 1 aromatic rings. The minimum absolute atomic E-state index is 0.305. The summed E-state index contributed by atoms with van der Waals surface area (Å²) in [5, 5.41) is 6.81. The number of hydrogen-bond donors (Lipinski definition) is 1. The first-order valence-electron chi connectivity index (χ1n) is 4.02. The summed E-state index contributed by atoms with van der Waals surface area (Å²) in [6.45, 7) is 2.35. The van der Waals surface area contributed by atoms with Gasteiger partial charge in [0, 0.05) is 28.9 Å². The normalized spacial score (nSPS) is 9.07. The third-order valence-corrected chi connectivity index (χ3v) is 1.89. The Hall–Kier alpha value is -1.28. The average molecular weight is 256 g/mol. The molecule has 74 valence electrons. The second-order valence-corrected chi connectivity index (χ2v) is 3.20. The molecule has 1 heterocycles. The molecule has 0 unspecified atom stereocenters. The maximum absolute atomic E-state index is 11.0. The van der Waals surface area contributed by atoms with E-state index in [0.717, 1.165) is 11.4 Å². The second kappa shape index (κ2) is 4.82. The van der Waals surface area contributed by atoms with Crippen molar-refractivity contribution >= 4 is 21.8 Å². The molecular formula is C9H10BrN3O. The Morgan fingerprint density at radius 3 is 3.00 bits per heavy atom. The highest BCUT2D eigenvalue weighted by atomic mass is 79.9. The lowest BCUT2D eigenvalue weighted by atomic mass is 10.3. The van der Waals surface area contributed by atoms with E-state index in [2.05, 4.69) is 37.1 Å². The lowest BCUT2D eigenvalue weighted by Crippen LogP contribution is -2.22. The summed E-state index contributed by atoms with van der Waals surface area (Å²) < 4.78 is 1.73. The van der Waals surface area contributed by atoms with Gasteiger partial charge in [0.05, 0.1) is 17.9 Å². The van der Waals surface area contributed by atoms with E-state index in [4.69, 9.17) is 0 Å². The van der Waals surface area contributed by atoms with Gasteiger partial charge in [-0.05, 0) is 17.8 Å². The monoisotopic (exact) mass is 255 g/mol. The molecule has 1 N–H and O–H groups in total. The van der Waals surface area contributed by atoms with Crippen molar-refractivity contribution in [2.24, 2.45) is 7.05 Å². The Bertz CT molecular complexity index is 400. The van der Waals surface area contributed by atoms with E-state index in [1.165, 1.54) is 0 Å². The van der Waals surface area contributed by atoms with Crippen molar-refractivity contribution in [2.45, 2.75) is 13.5 Å². The summed E-state index contributed by atoms with van der Waals surface area (Å²) in [5.74, 6) is 2.02. The van der Waals surface area contributed by atoms with Crippen LogP contribution in [0.2, 0.25) is 0 Å². The van der Waals surface area contributed by atoms with Crippen LogP contribution in [0.4, 0.5) is 0 Å². The SMILES string of the molecule is Cc1cc(CNC(=O)C#CBr)n(C)n1. The van der Waals surface area contributed by atoms with Crippen molar-refractivity contribution in [1.82, 2.24) is 15.1 Å². The van der Waals surface area contributed by atoms with E-state index >= 15 is 0 Å². The predicted octanol–water partition coefficient (Wildman–Crippen LogP) is 0.701. The zero-order valence-electron chi connectivity index (χ0n) is 7.97. The van der Waals surface area contributed by atoms with Crippen LogP contribution in [0.15, 0.2) is 6.07 Å². The molecule has 0 spiro atoms. The summed E-state index contributed by atoms with van der Waals surface area (Å²) >= 11 is 2.86. The molecule has 4 nitrogen and oxygen atoms in total. The fourth-order valence-corrected chi connectivity index (χ4v) is 1.27. The molecule has 0 aliphatic carbocycles. The number of aryl methyl sites for hydroxylation is 2. The van der Waals surface area contributed by atoms with Gasteiger partial charge in [0.2, 0.25) is 0 Å². The van der Waals surface area contributed by atoms with Crippen molar-refractivity contribution in [3.63, 3.8) is 0 Å². The maximum atomic E-state index is 11.0. The highest BCUT2D eigenvalue weighted by molar-refractivity contribution is 9.12.